The number of carbonyl (C=O) groups is 5. The summed E-state index contributed by atoms with van der Waals surface area (Å²) in [5.41, 5.74) is 10.4. The third-order valence-corrected chi connectivity index (χ3v) is 4.09. The second kappa shape index (κ2) is 12.2. The van der Waals surface area contributed by atoms with Crippen LogP contribution in [0.5, 0.6) is 0 Å². The van der Waals surface area contributed by atoms with Crippen LogP contribution in [0.2, 0.25) is 0 Å². The van der Waals surface area contributed by atoms with Gasteiger partial charge in [-0.15, -0.1) is 0 Å². The molecule has 0 saturated carbocycles. The van der Waals surface area contributed by atoms with E-state index in [0.717, 1.165) is 0 Å². The van der Waals surface area contributed by atoms with E-state index in [1.54, 1.807) is 0 Å². The number of hydrogen-bond acceptors (Lipinski definition) is 9. The molecule has 0 rings (SSSR count). The fourth-order valence-corrected chi connectivity index (χ4v) is 2.26. The van der Waals surface area contributed by atoms with E-state index in [-0.39, 0.29) is 5.75 Å². The monoisotopic (exact) mass is 437 g/mol. The fourth-order valence-electron chi connectivity index (χ4n) is 2.00. The second-order valence-corrected chi connectivity index (χ2v) is 6.67. The zero-order valence-electron chi connectivity index (χ0n) is 15.9. The van der Waals surface area contributed by atoms with Gasteiger partial charge in [-0.05, 0) is 13.8 Å². The highest BCUT2D eigenvalue weighted by Gasteiger charge is 2.32. The molecule has 0 aliphatic carbocycles. The number of hydrogen-bond donors (Lipinski definition) is 9. The van der Waals surface area contributed by atoms with Crippen LogP contribution in [0.3, 0.4) is 0 Å². The van der Waals surface area contributed by atoms with Gasteiger partial charge in [0, 0.05) is 5.75 Å². The molecule has 0 aromatic rings. The molecule has 14 heteroatoms. The Labute approximate surface area is 172 Å². The third kappa shape index (κ3) is 9.08. The van der Waals surface area contributed by atoms with Gasteiger partial charge in [0.05, 0.1) is 18.6 Å². The average Bonchev–Trinajstić information content (AvgIpc) is 2.61. The number of rotatable bonds is 12. The number of nitrogens with one attached hydrogen (secondary N) is 3. The lowest BCUT2D eigenvalue weighted by Crippen LogP contribution is -2.61. The molecule has 13 nitrogen and oxygen atoms in total. The topological polar surface area (TPSA) is 234 Å². The van der Waals surface area contributed by atoms with E-state index in [1.807, 2.05) is 5.32 Å². The second-order valence-electron chi connectivity index (χ2n) is 6.31. The van der Waals surface area contributed by atoms with Crippen LogP contribution in [0.4, 0.5) is 0 Å². The minimum atomic E-state index is -1.62. The summed E-state index contributed by atoms with van der Waals surface area (Å²) in [7, 11) is 0. The molecule has 6 unspecified atom stereocenters. The molecule has 29 heavy (non-hydrogen) atoms. The van der Waals surface area contributed by atoms with Gasteiger partial charge in [-0.2, -0.15) is 12.6 Å². The van der Waals surface area contributed by atoms with Gasteiger partial charge < -0.3 is 42.7 Å². The first-order valence-electron chi connectivity index (χ1n) is 8.46. The van der Waals surface area contributed by atoms with Crippen LogP contribution < -0.4 is 27.4 Å². The molecule has 166 valence electrons. The van der Waals surface area contributed by atoms with Crippen molar-refractivity contribution in [2.75, 3.05) is 5.75 Å². The molecule has 6 atom stereocenters. The van der Waals surface area contributed by atoms with Crippen LogP contribution in [0.25, 0.3) is 0 Å². The van der Waals surface area contributed by atoms with E-state index in [9.17, 15) is 34.2 Å². The number of carboxylic acid groups (broad SMARTS) is 1. The summed E-state index contributed by atoms with van der Waals surface area (Å²) in [6.45, 7) is 2.45. The predicted octanol–water partition coefficient (Wildman–Crippen LogP) is -4.58. The lowest BCUT2D eigenvalue weighted by Gasteiger charge is -2.26. The molecule has 0 saturated heterocycles. The molecule has 0 bridgehead atoms. The number of thiol groups is 1. The Hall–Kier alpha value is -2.42. The molecule has 0 aliphatic rings. The lowest BCUT2D eigenvalue weighted by molar-refractivity contribution is -0.143. The molecule has 4 amide bonds. The quantitative estimate of drug-likeness (QED) is 0.133. The van der Waals surface area contributed by atoms with E-state index in [4.69, 9.17) is 16.6 Å². The van der Waals surface area contributed by atoms with E-state index in [0.29, 0.717) is 0 Å². The van der Waals surface area contributed by atoms with Crippen molar-refractivity contribution < 1.29 is 39.3 Å². The van der Waals surface area contributed by atoms with Gasteiger partial charge in [0.25, 0.3) is 0 Å². The number of aliphatic carboxylic acids is 1. The highest BCUT2D eigenvalue weighted by atomic mass is 32.1. The zero-order valence-corrected chi connectivity index (χ0v) is 16.8. The third-order valence-electron chi connectivity index (χ3n) is 3.72. The molecule has 0 aromatic carbocycles. The van der Waals surface area contributed by atoms with Crippen LogP contribution in [-0.2, 0) is 24.0 Å². The Morgan fingerprint density at radius 2 is 1.41 bits per heavy atom. The zero-order chi connectivity index (χ0) is 22.9. The van der Waals surface area contributed by atoms with Crippen LogP contribution in [0.15, 0.2) is 0 Å². The van der Waals surface area contributed by atoms with Gasteiger partial charge in [0.2, 0.25) is 23.6 Å². The Morgan fingerprint density at radius 1 is 0.897 bits per heavy atom. The molecule has 0 heterocycles. The number of aliphatic hydroxyl groups excluding tert-OH is 2. The van der Waals surface area contributed by atoms with Crippen LogP contribution in [0, 0.1) is 0 Å². The Morgan fingerprint density at radius 3 is 1.79 bits per heavy atom. The number of carbonyl (C=O) groups excluding carboxylic acids is 4. The van der Waals surface area contributed by atoms with E-state index in [1.165, 1.54) is 13.8 Å². The summed E-state index contributed by atoms with van der Waals surface area (Å²) in [4.78, 5) is 58.5. The maximum Gasteiger partial charge on any atom is 0.326 e. The van der Waals surface area contributed by atoms with Crippen molar-refractivity contribution in [2.45, 2.75) is 56.6 Å². The normalized spacial score (nSPS) is 17.0. The summed E-state index contributed by atoms with van der Waals surface area (Å²) in [5.74, 6) is -5.62. The van der Waals surface area contributed by atoms with Crippen molar-refractivity contribution in [2.24, 2.45) is 11.5 Å². The van der Waals surface area contributed by atoms with E-state index < -0.39 is 72.4 Å². The van der Waals surface area contributed by atoms with Gasteiger partial charge in [0.1, 0.15) is 24.2 Å². The van der Waals surface area contributed by atoms with Crippen LogP contribution in [-0.4, -0.2) is 87.0 Å². The SMILES string of the molecule is CC(O)C(N)C(=O)NC(C(=O)NC(CS)C(=O)NC(CC(N)=O)C(=O)O)C(C)O. The summed E-state index contributed by atoms with van der Waals surface area (Å²) in [5, 5.41) is 34.5. The molecule has 0 fully saturated rings. The van der Waals surface area contributed by atoms with Gasteiger partial charge in [-0.1, -0.05) is 0 Å². The number of aliphatic hydroxyl groups is 2. The van der Waals surface area contributed by atoms with E-state index >= 15 is 0 Å². The molecule has 0 aromatic heterocycles. The lowest BCUT2D eigenvalue weighted by atomic mass is 10.1. The number of nitrogens with two attached hydrogens (primary N) is 2. The van der Waals surface area contributed by atoms with Gasteiger partial charge in [0.15, 0.2) is 0 Å². The summed E-state index contributed by atoms with van der Waals surface area (Å²) >= 11 is 3.91. The average molecular weight is 437 g/mol. The number of primary amides is 1. The Balaban J connectivity index is 5.20. The van der Waals surface area contributed by atoms with Crippen molar-refractivity contribution >= 4 is 42.2 Å². The summed E-state index contributed by atoms with van der Waals surface area (Å²) < 4.78 is 0. The number of amides is 4. The van der Waals surface area contributed by atoms with Crippen molar-refractivity contribution in [1.82, 2.24) is 16.0 Å². The standard InChI is InChI=1S/C15H27N5O8S/c1-5(21)10(17)13(25)20-11(6(2)22)14(26)19-8(4-29)12(24)18-7(15(27)28)3-9(16)23/h5-8,10-11,21-22,29H,3-4,17H2,1-2H3,(H2,16,23)(H,18,24)(H,19,26)(H,20,25)(H,27,28). The van der Waals surface area contributed by atoms with Crippen molar-refractivity contribution in [1.29, 1.82) is 0 Å². The van der Waals surface area contributed by atoms with E-state index in [2.05, 4.69) is 23.3 Å². The molecule has 0 aliphatic heterocycles. The van der Waals surface area contributed by atoms with Crippen molar-refractivity contribution in [3.8, 4) is 0 Å². The molecular formula is C15H27N5O8S. The van der Waals surface area contributed by atoms with Crippen molar-refractivity contribution in [3.05, 3.63) is 0 Å². The first kappa shape index (κ1) is 26.6. The molecule has 0 radical (unpaired) electrons. The molecule has 0 spiro atoms. The van der Waals surface area contributed by atoms with Gasteiger partial charge in [-0.25, -0.2) is 4.79 Å². The van der Waals surface area contributed by atoms with Gasteiger partial charge >= 0.3 is 5.97 Å². The predicted molar refractivity (Wildman–Crippen MR) is 102 cm³/mol. The Bertz CT molecular complexity index is 630. The first-order valence-corrected chi connectivity index (χ1v) is 9.09. The molecule has 10 N–H and O–H groups in total. The maximum absolute atomic E-state index is 12.4. The van der Waals surface area contributed by atoms with Crippen molar-refractivity contribution in [3.63, 3.8) is 0 Å². The highest BCUT2D eigenvalue weighted by Crippen LogP contribution is 2.00. The number of carboxylic acids is 1. The fraction of sp³-hybridized carbons (Fsp3) is 0.667. The summed E-state index contributed by atoms with van der Waals surface area (Å²) in [6, 6.07) is -5.86. The minimum absolute atomic E-state index is 0.270. The maximum atomic E-state index is 12.4. The first-order chi connectivity index (χ1) is 13.3. The van der Waals surface area contributed by atoms with Crippen LogP contribution >= 0.6 is 12.6 Å². The Kier molecular flexibility index (Phi) is 11.2. The van der Waals surface area contributed by atoms with Crippen LogP contribution in [0.1, 0.15) is 20.3 Å². The largest absolute Gasteiger partial charge is 0.480 e. The smallest absolute Gasteiger partial charge is 0.326 e. The highest BCUT2D eigenvalue weighted by molar-refractivity contribution is 7.80. The summed E-state index contributed by atoms with van der Waals surface area (Å²) in [6.07, 6.45) is -3.29. The van der Waals surface area contributed by atoms with Gasteiger partial charge in [-0.3, -0.25) is 19.2 Å². The molecular weight excluding hydrogens is 410 g/mol. The minimum Gasteiger partial charge on any atom is -0.480 e.